The molecule has 0 aliphatic carbocycles. The molecule has 0 saturated carbocycles. The summed E-state index contributed by atoms with van der Waals surface area (Å²) >= 11 is 6.43. The standard InChI is InChI=1S/C23H23ClN4O2/c1-15(30-3)17-8-9-19-21(14-17)25-22(18-6-4-5-7-20(18)24)26-23(19)28-12-10-27(11-13-28)16(2)29/h4-9,14H,1,10-13H2,2-3H3. The smallest absolute Gasteiger partial charge is 0.219 e. The molecule has 6 nitrogen and oxygen atoms in total. The first-order valence-corrected chi connectivity index (χ1v) is 10.2. The summed E-state index contributed by atoms with van der Waals surface area (Å²) < 4.78 is 5.29. The third-order valence-electron chi connectivity index (χ3n) is 5.38. The number of benzene rings is 2. The largest absolute Gasteiger partial charge is 0.497 e. The fourth-order valence-electron chi connectivity index (χ4n) is 3.64. The number of amides is 1. The summed E-state index contributed by atoms with van der Waals surface area (Å²) in [7, 11) is 1.60. The number of nitrogens with zero attached hydrogens (tertiary/aromatic N) is 4. The molecule has 2 aromatic carbocycles. The molecule has 154 valence electrons. The van der Waals surface area contributed by atoms with Gasteiger partial charge in [0.05, 0.1) is 17.6 Å². The maximum Gasteiger partial charge on any atom is 0.219 e. The molecule has 0 N–H and O–H groups in total. The molecule has 7 heteroatoms. The van der Waals surface area contributed by atoms with Gasteiger partial charge in [-0.1, -0.05) is 36.4 Å². The molecule has 1 aliphatic rings. The van der Waals surface area contributed by atoms with Crippen LogP contribution in [0.5, 0.6) is 0 Å². The van der Waals surface area contributed by atoms with Gasteiger partial charge in [-0.15, -0.1) is 0 Å². The van der Waals surface area contributed by atoms with Gasteiger partial charge < -0.3 is 14.5 Å². The van der Waals surface area contributed by atoms with E-state index in [4.69, 9.17) is 26.3 Å². The first kappa shape index (κ1) is 20.2. The summed E-state index contributed by atoms with van der Waals surface area (Å²) in [5.74, 6) is 2.08. The highest BCUT2D eigenvalue weighted by atomic mass is 35.5. The van der Waals surface area contributed by atoms with Crippen LogP contribution < -0.4 is 4.90 Å². The monoisotopic (exact) mass is 422 g/mol. The molecule has 1 saturated heterocycles. The number of carbonyl (C=O) groups is 1. The van der Waals surface area contributed by atoms with E-state index in [0.717, 1.165) is 27.8 Å². The van der Waals surface area contributed by atoms with Crippen molar-refractivity contribution >= 4 is 40.0 Å². The number of methoxy groups -OCH3 is 1. The zero-order valence-electron chi connectivity index (χ0n) is 17.1. The second kappa shape index (κ2) is 8.32. The number of piperazine rings is 1. The summed E-state index contributed by atoms with van der Waals surface area (Å²) in [5.41, 5.74) is 2.43. The zero-order chi connectivity index (χ0) is 21.3. The molecular formula is C23H23ClN4O2. The van der Waals surface area contributed by atoms with Gasteiger partial charge in [-0.3, -0.25) is 4.79 Å². The van der Waals surface area contributed by atoms with Crippen molar-refractivity contribution < 1.29 is 9.53 Å². The summed E-state index contributed by atoms with van der Waals surface area (Å²) in [4.78, 5) is 25.5. The van der Waals surface area contributed by atoms with Crippen LogP contribution in [0.2, 0.25) is 5.02 Å². The minimum absolute atomic E-state index is 0.0988. The Labute approximate surface area is 180 Å². The third-order valence-corrected chi connectivity index (χ3v) is 5.71. The number of aromatic nitrogens is 2. The number of fused-ring (bicyclic) bond motifs is 1. The van der Waals surface area contributed by atoms with Crippen molar-refractivity contribution in [3.8, 4) is 11.4 Å². The normalized spacial score (nSPS) is 14.1. The van der Waals surface area contributed by atoms with Gasteiger partial charge in [-0.05, 0) is 24.3 Å². The fraction of sp³-hybridized carbons (Fsp3) is 0.261. The maximum absolute atomic E-state index is 11.7. The van der Waals surface area contributed by atoms with Crippen LogP contribution in [-0.2, 0) is 9.53 Å². The molecule has 1 fully saturated rings. The Balaban J connectivity index is 1.84. The second-order valence-corrected chi connectivity index (χ2v) is 7.61. The lowest BCUT2D eigenvalue weighted by molar-refractivity contribution is -0.129. The van der Waals surface area contributed by atoms with Gasteiger partial charge in [-0.25, -0.2) is 9.97 Å². The lowest BCUT2D eigenvalue weighted by Crippen LogP contribution is -2.48. The lowest BCUT2D eigenvalue weighted by atomic mass is 10.1. The van der Waals surface area contributed by atoms with Crippen molar-refractivity contribution in [2.24, 2.45) is 0 Å². The van der Waals surface area contributed by atoms with Crippen molar-refractivity contribution in [2.45, 2.75) is 6.92 Å². The predicted octanol–water partition coefficient (Wildman–Crippen LogP) is 4.24. The molecule has 0 unspecified atom stereocenters. The van der Waals surface area contributed by atoms with Gasteiger partial charge in [-0.2, -0.15) is 0 Å². The van der Waals surface area contributed by atoms with E-state index in [0.29, 0.717) is 42.8 Å². The van der Waals surface area contributed by atoms with E-state index in [-0.39, 0.29) is 5.91 Å². The molecule has 2 heterocycles. The SMILES string of the molecule is C=C(OC)c1ccc2c(N3CCN(C(C)=O)CC3)nc(-c3ccccc3Cl)nc2c1. The molecule has 30 heavy (non-hydrogen) atoms. The molecule has 1 amide bonds. The average Bonchev–Trinajstić information content (AvgIpc) is 2.77. The number of hydrogen-bond donors (Lipinski definition) is 0. The van der Waals surface area contributed by atoms with Crippen molar-refractivity contribution in [2.75, 3.05) is 38.2 Å². The molecule has 3 aromatic rings. The minimum Gasteiger partial charge on any atom is -0.497 e. The van der Waals surface area contributed by atoms with Crippen LogP contribution in [-0.4, -0.2) is 54.1 Å². The summed E-state index contributed by atoms with van der Waals surface area (Å²) in [6.07, 6.45) is 0. The summed E-state index contributed by atoms with van der Waals surface area (Å²) in [6.45, 7) is 8.31. The van der Waals surface area contributed by atoms with Gasteiger partial charge in [0.1, 0.15) is 11.6 Å². The Hall–Kier alpha value is -3.12. The molecule has 4 rings (SSSR count). The van der Waals surface area contributed by atoms with E-state index in [1.807, 2.05) is 47.4 Å². The van der Waals surface area contributed by atoms with Crippen molar-refractivity contribution in [1.82, 2.24) is 14.9 Å². The van der Waals surface area contributed by atoms with E-state index < -0.39 is 0 Å². The van der Waals surface area contributed by atoms with Crippen molar-refractivity contribution in [3.63, 3.8) is 0 Å². The number of rotatable bonds is 4. The van der Waals surface area contributed by atoms with Crippen LogP contribution in [0.4, 0.5) is 5.82 Å². The van der Waals surface area contributed by atoms with Crippen LogP contribution in [0.15, 0.2) is 49.0 Å². The van der Waals surface area contributed by atoms with E-state index in [1.165, 1.54) is 0 Å². The molecule has 0 atom stereocenters. The first-order chi connectivity index (χ1) is 14.5. The van der Waals surface area contributed by atoms with Gasteiger partial charge in [0.2, 0.25) is 5.91 Å². The quantitative estimate of drug-likeness (QED) is 0.589. The number of carbonyl (C=O) groups excluding carboxylic acids is 1. The Morgan fingerprint density at radius 1 is 1.10 bits per heavy atom. The van der Waals surface area contributed by atoms with Crippen molar-refractivity contribution in [3.05, 3.63) is 59.6 Å². The van der Waals surface area contributed by atoms with Gasteiger partial charge in [0.25, 0.3) is 0 Å². The van der Waals surface area contributed by atoms with E-state index in [2.05, 4.69) is 11.5 Å². The molecule has 0 spiro atoms. The molecule has 0 bridgehead atoms. The summed E-state index contributed by atoms with van der Waals surface area (Å²) in [5, 5.41) is 1.54. The number of halogens is 1. The van der Waals surface area contributed by atoms with E-state index in [9.17, 15) is 4.79 Å². The van der Waals surface area contributed by atoms with Crippen molar-refractivity contribution in [1.29, 1.82) is 0 Å². The average molecular weight is 423 g/mol. The Morgan fingerprint density at radius 2 is 1.83 bits per heavy atom. The van der Waals surface area contributed by atoms with Gasteiger partial charge >= 0.3 is 0 Å². The molecular weight excluding hydrogens is 400 g/mol. The number of ether oxygens (including phenoxy) is 1. The lowest BCUT2D eigenvalue weighted by Gasteiger charge is -2.35. The number of anilines is 1. The second-order valence-electron chi connectivity index (χ2n) is 7.20. The predicted molar refractivity (Wildman–Crippen MR) is 120 cm³/mol. The van der Waals surface area contributed by atoms with Crippen LogP contribution in [0.1, 0.15) is 12.5 Å². The van der Waals surface area contributed by atoms with E-state index in [1.54, 1.807) is 14.0 Å². The highest BCUT2D eigenvalue weighted by Crippen LogP contribution is 2.32. The highest BCUT2D eigenvalue weighted by molar-refractivity contribution is 6.33. The third kappa shape index (κ3) is 3.83. The summed E-state index contributed by atoms with van der Waals surface area (Å²) in [6, 6.07) is 13.5. The van der Waals surface area contributed by atoms with Crippen LogP contribution in [0.3, 0.4) is 0 Å². The molecule has 1 aliphatic heterocycles. The topological polar surface area (TPSA) is 58.6 Å². The van der Waals surface area contributed by atoms with Crippen LogP contribution >= 0.6 is 11.6 Å². The molecule has 1 aromatic heterocycles. The zero-order valence-corrected chi connectivity index (χ0v) is 17.8. The number of hydrogen-bond acceptors (Lipinski definition) is 5. The Bertz CT molecular complexity index is 1120. The molecule has 0 radical (unpaired) electrons. The van der Waals surface area contributed by atoms with Crippen LogP contribution in [0.25, 0.3) is 28.0 Å². The maximum atomic E-state index is 11.7. The Morgan fingerprint density at radius 3 is 2.50 bits per heavy atom. The first-order valence-electron chi connectivity index (χ1n) is 9.78. The fourth-order valence-corrected chi connectivity index (χ4v) is 3.86. The Kier molecular flexibility index (Phi) is 5.59. The van der Waals surface area contributed by atoms with E-state index >= 15 is 0 Å². The minimum atomic E-state index is 0.0988. The highest BCUT2D eigenvalue weighted by Gasteiger charge is 2.23. The van der Waals surface area contributed by atoms with Crippen LogP contribution in [0, 0.1) is 0 Å². The van der Waals surface area contributed by atoms with Gasteiger partial charge in [0, 0.05) is 49.6 Å². The van der Waals surface area contributed by atoms with Gasteiger partial charge in [0.15, 0.2) is 5.82 Å².